The SMILES string of the molecule is O=C1CC[C@H](N2Cc3ccccc3C2=O)C(=O)O1. The number of carbonyl (C=O) groups excluding carboxylic acids is 3. The Hall–Kier alpha value is -2.17. The molecule has 1 atom stereocenters. The summed E-state index contributed by atoms with van der Waals surface area (Å²) in [5.74, 6) is -1.30. The van der Waals surface area contributed by atoms with E-state index in [4.69, 9.17) is 0 Å². The van der Waals surface area contributed by atoms with Crippen molar-refractivity contribution in [3.8, 4) is 0 Å². The number of rotatable bonds is 1. The van der Waals surface area contributed by atoms with E-state index in [1.807, 2.05) is 12.1 Å². The fourth-order valence-corrected chi connectivity index (χ4v) is 2.42. The number of carbonyl (C=O) groups is 3. The molecule has 5 heteroatoms. The molecule has 2 aliphatic heterocycles. The van der Waals surface area contributed by atoms with Gasteiger partial charge in [0.25, 0.3) is 5.91 Å². The van der Waals surface area contributed by atoms with Gasteiger partial charge in [-0.1, -0.05) is 18.2 Å². The quantitative estimate of drug-likeness (QED) is 0.544. The maximum atomic E-state index is 12.2. The third-order valence-electron chi connectivity index (χ3n) is 3.33. The lowest BCUT2D eigenvalue weighted by Gasteiger charge is -2.28. The van der Waals surface area contributed by atoms with Crippen LogP contribution in [0, 0.1) is 0 Å². The molecule has 92 valence electrons. The first kappa shape index (κ1) is 11.0. The zero-order valence-corrected chi connectivity index (χ0v) is 9.59. The van der Waals surface area contributed by atoms with Gasteiger partial charge in [-0.2, -0.15) is 0 Å². The molecule has 18 heavy (non-hydrogen) atoms. The Kier molecular flexibility index (Phi) is 2.40. The largest absolute Gasteiger partial charge is 0.392 e. The first-order valence-corrected chi connectivity index (χ1v) is 5.80. The Balaban J connectivity index is 1.86. The summed E-state index contributed by atoms with van der Waals surface area (Å²) in [4.78, 5) is 36.3. The standard InChI is InChI=1S/C13H11NO4/c15-11-6-5-10(13(17)18-11)14-7-8-3-1-2-4-9(8)12(14)16/h1-4,10H,5-7H2/t10-/m0/s1. The highest BCUT2D eigenvalue weighted by Crippen LogP contribution is 2.27. The highest BCUT2D eigenvalue weighted by molar-refractivity contribution is 6.02. The normalized spacial score (nSPS) is 23.0. The molecule has 1 saturated heterocycles. The van der Waals surface area contributed by atoms with Crippen LogP contribution in [0.5, 0.6) is 0 Å². The van der Waals surface area contributed by atoms with Crippen molar-refractivity contribution >= 4 is 17.8 Å². The molecule has 1 fully saturated rings. The maximum Gasteiger partial charge on any atom is 0.336 e. The van der Waals surface area contributed by atoms with Crippen LogP contribution in [0.25, 0.3) is 0 Å². The molecule has 2 heterocycles. The molecule has 2 aliphatic rings. The second-order valence-corrected chi connectivity index (χ2v) is 4.44. The number of ether oxygens (including phenoxy) is 1. The molecule has 1 amide bonds. The predicted octanol–water partition coefficient (Wildman–Crippen LogP) is 0.875. The molecule has 0 radical (unpaired) electrons. The highest BCUT2D eigenvalue weighted by atomic mass is 16.6. The van der Waals surface area contributed by atoms with Crippen molar-refractivity contribution in [3.63, 3.8) is 0 Å². The fourth-order valence-electron chi connectivity index (χ4n) is 2.42. The smallest absolute Gasteiger partial charge is 0.336 e. The van der Waals surface area contributed by atoms with E-state index >= 15 is 0 Å². The second-order valence-electron chi connectivity index (χ2n) is 4.44. The zero-order valence-electron chi connectivity index (χ0n) is 9.59. The van der Waals surface area contributed by atoms with E-state index in [-0.39, 0.29) is 12.3 Å². The van der Waals surface area contributed by atoms with Crippen LogP contribution in [-0.2, 0) is 20.9 Å². The van der Waals surface area contributed by atoms with Gasteiger partial charge in [0, 0.05) is 18.5 Å². The molecular weight excluding hydrogens is 234 g/mol. The van der Waals surface area contributed by atoms with Crippen molar-refractivity contribution in [1.82, 2.24) is 4.90 Å². The van der Waals surface area contributed by atoms with E-state index in [1.54, 1.807) is 12.1 Å². The van der Waals surface area contributed by atoms with Crippen LogP contribution in [0.4, 0.5) is 0 Å². The van der Waals surface area contributed by atoms with Crippen LogP contribution in [0.3, 0.4) is 0 Å². The molecule has 5 nitrogen and oxygen atoms in total. The second kappa shape index (κ2) is 3.94. The number of cyclic esters (lactones) is 2. The summed E-state index contributed by atoms with van der Waals surface area (Å²) in [6.45, 7) is 0.406. The van der Waals surface area contributed by atoms with Gasteiger partial charge in [-0.3, -0.25) is 9.59 Å². The van der Waals surface area contributed by atoms with Crippen molar-refractivity contribution in [2.45, 2.75) is 25.4 Å². The molecule has 0 spiro atoms. The first-order chi connectivity index (χ1) is 8.66. The molecule has 0 N–H and O–H groups in total. The summed E-state index contributed by atoms with van der Waals surface area (Å²) >= 11 is 0. The molecule has 0 saturated carbocycles. The van der Waals surface area contributed by atoms with E-state index < -0.39 is 18.0 Å². The van der Waals surface area contributed by atoms with E-state index in [2.05, 4.69) is 4.74 Å². The van der Waals surface area contributed by atoms with Gasteiger partial charge < -0.3 is 9.64 Å². The van der Waals surface area contributed by atoms with Crippen LogP contribution in [0.2, 0.25) is 0 Å². The monoisotopic (exact) mass is 245 g/mol. The van der Waals surface area contributed by atoms with Crippen LogP contribution < -0.4 is 0 Å². The minimum Gasteiger partial charge on any atom is -0.392 e. The van der Waals surface area contributed by atoms with Gasteiger partial charge in [-0.05, 0) is 18.1 Å². The van der Waals surface area contributed by atoms with E-state index in [0.29, 0.717) is 18.5 Å². The lowest BCUT2D eigenvalue weighted by Crippen LogP contribution is -2.45. The third-order valence-corrected chi connectivity index (χ3v) is 3.33. The van der Waals surface area contributed by atoms with Crippen LogP contribution >= 0.6 is 0 Å². The summed E-state index contributed by atoms with van der Waals surface area (Å²) in [5.41, 5.74) is 1.54. The topological polar surface area (TPSA) is 63.7 Å². The summed E-state index contributed by atoms with van der Waals surface area (Å²) in [7, 11) is 0. The van der Waals surface area contributed by atoms with Gasteiger partial charge >= 0.3 is 11.9 Å². The molecule has 0 aliphatic carbocycles. The fraction of sp³-hybridized carbons (Fsp3) is 0.308. The number of amides is 1. The molecule has 3 rings (SSSR count). The minimum absolute atomic E-state index is 0.165. The zero-order chi connectivity index (χ0) is 12.7. The van der Waals surface area contributed by atoms with Crippen molar-refractivity contribution in [2.24, 2.45) is 0 Å². The number of benzene rings is 1. The van der Waals surface area contributed by atoms with Crippen molar-refractivity contribution in [3.05, 3.63) is 35.4 Å². The van der Waals surface area contributed by atoms with Crippen molar-refractivity contribution in [1.29, 1.82) is 0 Å². The number of nitrogens with zero attached hydrogens (tertiary/aromatic N) is 1. The Morgan fingerprint density at radius 3 is 2.67 bits per heavy atom. The Morgan fingerprint density at radius 2 is 1.94 bits per heavy atom. The van der Waals surface area contributed by atoms with Gasteiger partial charge in [0.1, 0.15) is 6.04 Å². The predicted molar refractivity (Wildman–Crippen MR) is 60.4 cm³/mol. The van der Waals surface area contributed by atoms with Gasteiger partial charge in [-0.25, -0.2) is 4.79 Å². The molecule has 0 bridgehead atoms. The first-order valence-electron chi connectivity index (χ1n) is 5.80. The number of fused-ring (bicyclic) bond motifs is 1. The average molecular weight is 245 g/mol. The third kappa shape index (κ3) is 1.59. The molecule has 1 aromatic carbocycles. The number of hydrogen-bond acceptors (Lipinski definition) is 4. The van der Waals surface area contributed by atoms with Crippen LogP contribution in [-0.4, -0.2) is 28.8 Å². The van der Waals surface area contributed by atoms with Crippen molar-refractivity contribution in [2.75, 3.05) is 0 Å². The molecule has 1 aromatic rings. The van der Waals surface area contributed by atoms with E-state index in [0.717, 1.165) is 5.56 Å². The van der Waals surface area contributed by atoms with Gasteiger partial charge in [0.15, 0.2) is 0 Å². The number of hydrogen-bond donors (Lipinski definition) is 0. The Morgan fingerprint density at radius 1 is 1.17 bits per heavy atom. The lowest BCUT2D eigenvalue weighted by atomic mass is 10.1. The van der Waals surface area contributed by atoms with Gasteiger partial charge in [0.05, 0.1) is 0 Å². The maximum absolute atomic E-state index is 12.2. The molecule has 0 aromatic heterocycles. The van der Waals surface area contributed by atoms with Crippen LogP contribution in [0.15, 0.2) is 24.3 Å². The lowest BCUT2D eigenvalue weighted by molar-refractivity contribution is -0.167. The summed E-state index contributed by atoms with van der Waals surface area (Å²) in [6.07, 6.45) is 0.522. The van der Waals surface area contributed by atoms with Crippen molar-refractivity contribution < 1.29 is 19.1 Å². The molecular formula is C13H11NO4. The molecule has 0 unspecified atom stereocenters. The number of esters is 2. The summed E-state index contributed by atoms with van der Waals surface area (Å²) in [5, 5.41) is 0. The van der Waals surface area contributed by atoms with Gasteiger partial charge in [-0.15, -0.1) is 0 Å². The van der Waals surface area contributed by atoms with Gasteiger partial charge in [0.2, 0.25) is 0 Å². The highest BCUT2D eigenvalue weighted by Gasteiger charge is 2.40. The minimum atomic E-state index is -0.636. The van der Waals surface area contributed by atoms with E-state index in [9.17, 15) is 14.4 Å². The Labute approximate surface area is 103 Å². The van der Waals surface area contributed by atoms with E-state index in [1.165, 1.54) is 4.90 Å². The summed E-state index contributed by atoms with van der Waals surface area (Å²) < 4.78 is 4.59. The average Bonchev–Trinajstić information content (AvgIpc) is 2.68. The Bertz CT molecular complexity index is 552. The summed E-state index contributed by atoms with van der Waals surface area (Å²) in [6, 6.07) is 6.63. The van der Waals surface area contributed by atoms with Crippen LogP contribution in [0.1, 0.15) is 28.8 Å².